The van der Waals surface area contributed by atoms with E-state index in [2.05, 4.69) is 0 Å². The molecule has 1 heterocycles. The van der Waals surface area contributed by atoms with Gasteiger partial charge in [-0.15, -0.1) is 0 Å². The number of esters is 1. The van der Waals surface area contributed by atoms with Crippen LogP contribution in [0.25, 0.3) is 11.0 Å². The van der Waals surface area contributed by atoms with Gasteiger partial charge in [0.15, 0.2) is 6.10 Å². The largest absolute Gasteiger partial charge is 0.479 e. The number of carbonyl (C=O) groups is 1. The van der Waals surface area contributed by atoms with Gasteiger partial charge in [0.2, 0.25) is 0 Å². The molecule has 1 aliphatic rings. The minimum atomic E-state index is -0.726. The molecular weight excluding hydrogens is 296 g/mol. The number of rotatable bonds is 4. The number of carbonyl (C=O) groups excluding carboxylic acids is 1. The smallest absolute Gasteiger partial charge is 0.347 e. The molecule has 5 heteroatoms. The van der Waals surface area contributed by atoms with E-state index in [1.54, 1.807) is 32.9 Å². The summed E-state index contributed by atoms with van der Waals surface area (Å²) in [4.78, 5) is 23.8. The summed E-state index contributed by atoms with van der Waals surface area (Å²) in [5.41, 5.74) is 2.10. The Bertz CT molecular complexity index is 803. The number of hydrogen-bond acceptors (Lipinski definition) is 5. The Hall–Kier alpha value is -2.30. The molecule has 0 bridgehead atoms. The van der Waals surface area contributed by atoms with Crippen molar-refractivity contribution >= 4 is 16.9 Å². The van der Waals surface area contributed by atoms with Crippen LogP contribution in [-0.2, 0) is 22.4 Å². The Morgan fingerprint density at radius 1 is 1.17 bits per heavy atom. The maximum atomic E-state index is 12.0. The van der Waals surface area contributed by atoms with Crippen LogP contribution in [-0.4, -0.2) is 18.2 Å². The standard InChI is InChI=1S/C18H20O5/c1-10(2)21-17(19)11(3)22-12-7-8-14-13-5-4-6-15(13)18(20)23-16(14)9-12/h7-11H,4-6H2,1-3H3. The summed E-state index contributed by atoms with van der Waals surface area (Å²) < 4.78 is 16.1. The molecule has 0 N–H and O–H groups in total. The Morgan fingerprint density at radius 3 is 2.65 bits per heavy atom. The molecule has 23 heavy (non-hydrogen) atoms. The van der Waals surface area contributed by atoms with E-state index in [9.17, 15) is 9.59 Å². The average Bonchev–Trinajstić information content (AvgIpc) is 2.96. The normalized spacial score (nSPS) is 14.8. The summed E-state index contributed by atoms with van der Waals surface area (Å²) in [5.74, 6) is 0.0577. The van der Waals surface area contributed by atoms with Crippen LogP contribution in [0.5, 0.6) is 5.75 Å². The summed E-state index contributed by atoms with van der Waals surface area (Å²) in [5, 5.41) is 0.946. The van der Waals surface area contributed by atoms with Gasteiger partial charge < -0.3 is 13.9 Å². The highest BCUT2D eigenvalue weighted by Gasteiger charge is 2.21. The topological polar surface area (TPSA) is 65.7 Å². The van der Waals surface area contributed by atoms with E-state index < -0.39 is 12.1 Å². The molecule has 0 saturated carbocycles. The molecule has 1 aromatic carbocycles. The molecule has 1 atom stereocenters. The van der Waals surface area contributed by atoms with Crippen molar-refractivity contribution in [1.29, 1.82) is 0 Å². The third-order valence-electron chi connectivity index (χ3n) is 3.94. The van der Waals surface area contributed by atoms with Crippen LogP contribution in [0.15, 0.2) is 27.4 Å². The Kier molecular flexibility index (Phi) is 4.11. The third-order valence-corrected chi connectivity index (χ3v) is 3.94. The van der Waals surface area contributed by atoms with E-state index in [0.717, 1.165) is 35.8 Å². The summed E-state index contributed by atoms with van der Waals surface area (Å²) in [6, 6.07) is 5.34. The van der Waals surface area contributed by atoms with Gasteiger partial charge in [0.05, 0.1) is 6.10 Å². The van der Waals surface area contributed by atoms with Gasteiger partial charge in [0, 0.05) is 17.0 Å². The average molecular weight is 316 g/mol. The highest BCUT2D eigenvalue weighted by atomic mass is 16.6. The second kappa shape index (κ2) is 6.07. The van der Waals surface area contributed by atoms with Crippen molar-refractivity contribution in [2.45, 2.75) is 52.2 Å². The zero-order valence-corrected chi connectivity index (χ0v) is 13.5. The van der Waals surface area contributed by atoms with Crippen molar-refractivity contribution in [2.75, 3.05) is 0 Å². The zero-order chi connectivity index (χ0) is 16.6. The molecule has 0 saturated heterocycles. The van der Waals surface area contributed by atoms with Gasteiger partial charge in [0.1, 0.15) is 11.3 Å². The molecule has 1 aliphatic carbocycles. The van der Waals surface area contributed by atoms with E-state index in [1.807, 2.05) is 6.07 Å². The fourth-order valence-electron chi connectivity index (χ4n) is 2.92. The molecule has 0 fully saturated rings. The van der Waals surface area contributed by atoms with Gasteiger partial charge in [0.25, 0.3) is 0 Å². The summed E-state index contributed by atoms with van der Waals surface area (Å²) in [7, 11) is 0. The first kappa shape index (κ1) is 15.6. The number of ether oxygens (including phenoxy) is 2. The van der Waals surface area contributed by atoms with Crippen LogP contribution in [0.2, 0.25) is 0 Å². The predicted molar refractivity (Wildman–Crippen MR) is 85.8 cm³/mol. The zero-order valence-electron chi connectivity index (χ0n) is 13.5. The fraction of sp³-hybridized carbons (Fsp3) is 0.444. The van der Waals surface area contributed by atoms with E-state index in [1.165, 1.54) is 0 Å². The minimum Gasteiger partial charge on any atom is -0.479 e. The minimum absolute atomic E-state index is 0.189. The van der Waals surface area contributed by atoms with Crippen LogP contribution in [0, 0.1) is 0 Å². The second-order valence-electron chi connectivity index (χ2n) is 6.10. The van der Waals surface area contributed by atoms with E-state index in [0.29, 0.717) is 11.3 Å². The lowest BCUT2D eigenvalue weighted by Crippen LogP contribution is -2.28. The van der Waals surface area contributed by atoms with Crippen LogP contribution in [0.4, 0.5) is 0 Å². The summed E-state index contributed by atoms with van der Waals surface area (Å²) >= 11 is 0. The number of fused-ring (bicyclic) bond motifs is 3. The van der Waals surface area contributed by atoms with Gasteiger partial charge in [-0.1, -0.05) is 0 Å². The third kappa shape index (κ3) is 3.09. The molecule has 2 aromatic rings. The van der Waals surface area contributed by atoms with Gasteiger partial charge >= 0.3 is 11.6 Å². The van der Waals surface area contributed by atoms with Crippen molar-refractivity contribution in [2.24, 2.45) is 0 Å². The maximum Gasteiger partial charge on any atom is 0.347 e. The Balaban J connectivity index is 1.88. The first-order chi connectivity index (χ1) is 11.0. The van der Waals surface area contributed by atoms with Crippen LogP contribution in [0.1, 0.15) is 38.3 Å². The van der Waals surface area contributed by atoms with Crippen molar-refractivity contribution in [3.05, 3.63) is 39.7 Å². The first-order valence-electron chi connectivity index (χ1n) is 7.91. The van der Waals surface area contributed by atoms with E-state index in [4.69, 9.17) is 13.9 Å². The lowest BCUT2D eigenvalue weighted by molar-refractivity contribution is -0.154. The predicted octanol–water partition coefficient (Wildman–Crippen LogP) is 3.00. The lowest BCUT2D eigenvalue weighted by Gasteiger charge is -2.16. The molecule has 0 spiro atoms. The molecule has 122 valence electrons. The number of aryl methyl sites for hydroxylation is 1. The van der Waals surface area contributed by atoms with Gasteiger partial charge in [-0.2, -0.15) is 0 Å². The van der Waals surface area contributed by atoms with E-state index in [-0.39, 0.29) is 11.7 Å². The van der Waals surface area contributed by atoms with Crippen molar-refractivity contribution in [3.8, 4) is 5.75 Å². The van der Waals surface area contributed by atoms with Gasteiger partial charge in [-0.25, -0.2) is 9.59 Å². The SMILES string of the molecule is CC(C)OC(=O)C(C)Oc1ccc2c3c(c(=O)oc2c1)CCC3. The van der Waals surface area contributed by atoms with Crippen molar-refractivity contribution in [3.63, 3.8) is 0 Å². The summed E-state index contributed by atoms with van der Waals surface area (Å²) in [6.07, 6.45) is 1.75. The van der Waals surface area contributed by atoms with Crippen molar-refractivity contribution in [1.82, 2.24) is 0 Å². The molecule has 1 unspecified atom stereocenters. The second-order valence-corrected chi connectivity index (χ2v) is 6.10. The van der Waals surface area contributed by atoms with E-state index >= 15 is 0 Å². The molecule has 0 amide bonds. The highest BCUT2D eigenvalue weighted by molar-refractivity contribution is 5.83. The van der Waals surface area contributed by atoms with Crippen molar-refractivity contribution < 1.29 is 18.7 Å². The fourth-order valence-corrected chi connectivity index (χ4v) is 2.92. The maximum absolute atomic E-state index is 12.0. The quantitative estimate of drug-likeness (QED) is 0.641. The monoisotopic (exact) mass is 316 g/mol. The first-order valence-corrected chi connectivity index (χ1v) is 7.91. The Morgan fingerprint density at radius 2 is 1.91 bits per heavy atom. The van der Waals surface area contributed by atoms with Crippen LogP contribution in [0.3, 0.4) is 0 Å². The molecule has 1 aromatic heterocycles. The molecule has 0 radical (unpaired) electrons. The molecule has 0 aliphatic heterocycles. The molecule has 5 nitrogen and oxygen atoms in total. The molecular formula is C18H20O5. The van der Waals surface area contributed by atoms with Gasteiger partial charge in [-0.05, 0) is 57.7 Å². The van der Waals surface area contributed by atoms with Crippen LogP contribution < -0.4 is 10.4 Å². The van der Waals surface area contributed by atoms with Crippen LogP contribution >= 0.6 is 0 Å². The summed E-state index contributed by atoms with van der Waals surface area (Å²) in [6.45, 7) is 5.21. The lowest BCUT2D eigenvalue weighted by atomic mass is 10.1. The van der Waals surface area contributed by atoms with Gasteiger partial charge in [-0.3, -0.25) is 0 Å². The molecule has 3 rings (SSSR count). The number of benzene rings is 1. The number of hydrogen-bond donors (Lipinski definition) is 0. The Labute approximate surface area is 134 Å². The highest BCUT2D eigenvalue weighted by Crippen LogP contribution is 2.29.